The number of benzene rings is 3. The second-order valence-electron chi connectivity index (χ2n) is 11.0. The highest BCUT2D eigenvalue weighted by Crippen LogP contribution is 2.45. The fraction of sp³-hybridized carbons (Fsp3) is 0.424. The minimum absolute atomic E-state index is 0.0586. The summed E-state index contributed by atoms with van der Waals surface area (Å²) in [6.07, 6.45) is 0.708. The fourth-order valence-corrected chi connectivity index (χ4v) is 5.94. The van der Waals surface area contributed by atoms with E-state index in [4.69, 9.17) is 0 Å². The van der Waals surface area contributed by atoms with E-state index in [2.05, 4.69) is 65.8 Å². The molecule has 2 nitrogen and oxygen atoms in total. The molecule has 0 aliphatic heterocycles. The number of hydrogen-bond donors (Lipinski definition) is 1. The van der Waals surface area contributed by atoms with Crippen LogP contribution >= 0.6 is 11.8 Å². The predicted octanol–water partition coefficient (Wildman–Crippen LogP) is 9.06. The Hall–Kier alpha value is -2.36. The maximum Gasteiger partial charge on any atom is 0.220 e. The average molecular weight is 503 g/mol. The number of carbonyl (C=O) groups is 1. The highest BCUT2D eigenvalue weighted by Gasteiger charge is 2.38. The van der Waals surface area contributed by atoms with Gasteiger partial charge in [0.05, 0.1) is 10.9 Å². The zero-order chi connectivity index (χ0) is 26.5. The van der Waals surface area contributed by atoms with E-state index in [-0.39, 0.29) is 17.0 Å². The van der Waals surface area contributed by atoms with E-state index in [0.29, 0.717) is 12.3 Å². The van der Waals surface area contributed by atoms with Crippen molar-refractivity contribution in [3.05, 3.63) is 106 Å². The lowest BCUT2D eigenvalue weighted by Crippen LogP contribution is -2.32. The molecule has 0 heterocycles. The first kappa shape index (κ1) is 28.2. The first-order valence-electron chi connectivity index (χ1n) is 13.2. The Morgan fingerprint density at radius 2 is 1.28 bits per heavy atom. The third-order valence-electron chi connectivity index (χ3n) is 7.11. The molecule has 0 saturated carbocycles. The molecule has 3 rings (SSSR count). The van der Waals surface area contributed by atoms with Crippen molar-refractivity contribution in [2.24, 2.45) is 0 Å². The van der Waals surface area contributed by atoms with Gasteiger partial charge >= 0.3 is 0 Å². The summed E-state index contributed by atoms with van der Waals surface area (Å²) in [7, 11) is 0. The SMILES string of the molecule is CC(C)c1cc(C(C)C)c(C(=O)S[C@](C)(CCc2ccccc2)[C@H](O)c2ccccc2)c(C(C)C)c1. The van der Waals surface area contributed by atoms with Crippen LogP contribution in [-0.4, -0.2) is 15.0 Å². The van der Waals surface area contributed by atoms with Gasteiger partial charge in [-0.25, -0.2) is 0 Å². The molecule has 1 N–H and O–H groups in total. The molecule has 192 valence electrons. The van der Waals surface area contributed by atoms with Crippen LogP contribution in [0.5, 0.6) is 0 Å². The van der Waals surface area contributed by atoms with Gasteiger partial charge in [0, 0.05) is 5.56 Å². The monoisotopic (exact) mass is 502 g/mol. The Bertz CT molecular complexity index is 1110. The normalized spacial score (nSPS) is 14.3. The van der Waals surface area contributed by atoms with Gasteiger partial charge in [0.1, 0.15) is 0 Å². The van der Waals surface area contributed by atoms with Crippen LogP contribution in [0.3, 0.4) is 0 Å². The first-order chi connectivity index (χ1) is 17.0. The highest BCUT2D eigenvalue weighted by atomic mass is 32.2. The van der Waals surface area contributed by atoms with Crippen molar-refractivity contribution in [3.63, 3.8) is 0 Å². The molecule has 3 aromatic rings. The molecule has 3 aromatic carbocycles. The fourth-order valence-electron chi connectivity index (χ4n) is 4.72. The Balaban J connectivity index is 2.05. The van der Waals surface area contributed by atoms with Crippen molar-refractivity contribution in [1.29, 1.82) is 0 Å². The Kier molecular flexibility index (Phi) is 9.60. The molecule has 0 spiro atoms. The molecule has 2 atom stereocenters. The molecule has 0 saturated heterocycles. The number of thioether (sulfide) groups is 1. The van der Waals surface area contributed by atoms with Gasteiger partial charge in [-0.05, 0) is 65.3 Å². The van der Waals surface area contributed by atoms with Crippen molar-refractivity contribution >= 4 is 16.9 Å². The quantitative estimate of drug-likeness (QED) is 0.300. The minimum Gasteiger partial charge on any atom is -0.387 e. The van der Waals surface area contributed by atoms with Gasteiger partial charge in [-0.3, -0.25) is 4.79 Å². The van der Waals surface area contributed by atoms with E-state index in [0.717, 1.165) is 28.7 Å². The molecule has 0 unspecified atom stereocenters. The second-order valence-corrected chi connectivity index (χ2v) is 12.5. The lowest BCUT2D eigenvalue weighted by molar-refractivity contribution is 0.106. The minimum atomic E-state index is -0.767. The lowest BCUT2D eigenvalue weighted by atomic mass is 9.85. The van der Waals surface area contributed by atoms with Crippen LogP contribution in [0.15, 0.2) is 72.8 Å². The maximum absolute atomic E-state index is 14.2. The maximum atomic E-state index is 14.2. The topological polar surface area (TPSA) is 37.3 Å². The third kappa shape index (κ3) is 6.69. The molecule has 0 bridgehead atoms. The van der Waals surface area contributed by atoms with E-state index >= 15 is 0 Å². The number of aliphatic hydroxyl groups is 1. The molecule has 0 aliphatic carbocycles. The standard InChI is InChI=1S/C33H42O2S/c1-22(2)27-20-28(23(3)4)30(29(21-27)24(5)6)32(35)36-33(7,19-18-25-14-10-8-11-15-25)31(34)26-16-12-9-13-17-26/h8-17,20-24,31,34H,18-19H2,1-7H3/t31-,33-/m1/s1. The summed E-state index contributed by atoms with van der Waals surface area (Å²) in [6, 6.07) is 24.5. The van der Waals surface area contributed by atoms with Gasteiger partial charge < -0.3 is 5.11 Å². The molecular weight excluding hydrogens is 460 g/mol. The van der Waals surface area contributed by atoms with Gasteiger partial charge in [-0.15, -0.1) is 0 Å². The number of hydrogen-bond acceptors (Lipinski definition) is 3. The largest absolute Gasteiger partial charge is 0.387 e. The number of rotatable bonds is 10. The van der Waals surface area contributed by atoms with E-state index in [1.54, 1.807) is 0 Å². The molecule has 0 aliphatic rings. The van der Waals surface area contributed by atoms with Crippen LogP contribution in [0.2, 0.25) is 0 Å². The summed E-state index contributed by atoms with van der Waals surface area (Å²) in [5.74, 6) is 0.860. The van der Waals surface area contributed by atoms with Crippen molar-refractivity contribution < 1.29 is 9.90 Å². The summed E-state index contributed by atoms with van der Waals surface area (Å²) in [6.45, 7) is 15.1. The molecule has 0 aromatic heterocycles. The Morgan fingerprint density at radius 1 is 0.778 bits per heavy atom. The van der Waals surface area contributed by atoms with Crippen LogP contribution in [0.25, 0.3) is 0 Å². The third-order valence-corrected chi connectivity index (χ3v) is 8.39. The van der Waals surface area contributed by atoms with Gasteiger partial charge in [-0.1, -0.05) is 126 Å². The average Bonchev–Trinajstić information content (AvgIpc) is 2.87. The summed E-state index contributed by atoms with van der Waals surface area (Å²) in [5.41, 5.74) is 6.39. The predicted molar refractivity (Wildman–Crippen MR) is 155 cm³/mol. The molecule has 0 amide bonds. The van der Waals surface area contributed by atoms with E-state index in [9.17, 15) is 9.90 Å². The smallest absolute Gasteiger partial charge is 0.220 e. The van der Waals surface area contributed by atoms with Crippen molar-refractivity contribution in [2.45, 2.75) is 89.9 Å². The van der Waals surface area contributed by atoms with Crippen LogP contribution in [-0.2, 0) is 6.42 Å². The van der Waals surface area contributed by atoms with Gasteiger partial charge in [0.25, 0.3) is 0 Å². The van der Waals surface area contributed by atoms with E-state index in [1.165, 1.54) is 22.9 Å². The number of aliphatic hydroxyl groups excluding tert-OH is 1. The van der Waals surface area contributed by atoms with Crippen LogP contribution in [0, 0.1) is 0 Å². The van der Waals surface area contributed by atoms with Gasteiger partial charge in [-0.2, -0.15) is 0 Å². The Labute approximate surface area is 222 Å². The molecule has 36 heavy (non-hydrogen) atoms. The summed E-state index contributed by atoms with van der Waals surface area (Å²) in [4.78, 5) is 14.2. The van der Waals surface area contributed by atoms with Gasteiger partial charge in [0.2, 0.25) is 5.12 Å². The summed E-state index contributed by atoms with van der Waals surface area (Å²) < 4.78 is -0.687. The zero-order valence-electron chi connectivity index (χ0n) is 22.9. The zero-order valence-corrected chi connectivity index (χ0v) is 23.7. The van der Waals surface area contributed by atoms with Crippen molar-refractivity contribution in [1.82, 2.24) is 0 Å². The van der Waals surface area contributed by atoms with E-state index < -0.39 is 10.9 Å². The second kappa shape index (κ2) is 12.3. The highest BCUT2D eigenvalue weighted by molar-refractivity contribution is 8.15. The number of aryl methyl sites for hydroxylation is 1. The first-order valence-corrected chi connectivity index (χ1v) is 14.0. The van der Waals surface area contributed by atoms with Crippen LogP contribution in [0.4, 0.5) is 0 Å². The molecule has 0 fully saturated rings. The molecule has 3 heteroatoms. The van der Waals surface area contributed by atoms with Gasteiger partial charge in [0.15, 0.2) is 0 Å². The van der Waals surface area contributed by atoms with Crippen LogP contribution < -0.4 is 0 Å². The van der Waals surface area contributed by atoms with E-state index in [1.807, 2.05) is 55.5 Å². The molecular formula is C33H42O2S. The summed E-state index contributed by atoms with van der Waals surface area (Å²) >= 11 is 1.31. The summed E-state index contributed by atoms with van der Waals surface area (Å²) in [5, 5.41) is 11.7. The lowest BCUT2D eigenvalue weighted by Gasteiger charge is -2.34. The van der Waals surface area contributed by atoms with Crippen LogP contribution in [0.1, 0.15) is 117 Å². The van der Waals surface area contributed by atoms with Crippen molar-refractivity contribution in [2.75, 3.05) is 0 Å². The molecule has 0 radical (unpaired) electrons. The van der Waals surface area contributed by atoms with Crippen molar-refractivity contribution in [3.8, 4) is 0 Å². The Morgan fingerprint density at radius 3 is 1.75 bits per heavy atom. The number of carbonyl (C=O) groups excluding carboxylic acids is 1.